The molecule has 3 rings (SSSR count). The van der Waals surface area contributed by atoms with Gasteiger partial charge in [0.05, 0.1) is 0 Å². The fraction of sp³-hybridized carbons (Fsp3) is 0.308. The van der Waals surface area contributed by atoms with Gasteiger partial charge in [-0.3, -0.25) is 9.78 Å². The zero-order valence-corrected chi connectivity index (χ0v) is 11.6. The Kier molecular flexibility index (Phi) is 3.51. The van der Waals surface area contributed by atoms with Crippen molar-refractivity contribution in [2.45, 2.75) is 25.4 Å². The summed E-state index contributed by atoms with van der Waals surface area (Å²) < 4.78 is 4.06. The number of hydrogen-bond donors (Lipinski definition) is 3. The van der Waals surface area contributed by atoms with Gasteiger partial charge >= 0.3 is 0 Å². The molecular weight excluding hydrogens is 274 g/mol. The Balaban J connectivity index is 1.71. The van der Waals surface area contributed by atoms with E-state index in [-0.39, 0.29) is 11.7 Å². The van der Waals surface area contributed by atoms with Crippen LogP contribution in [0.2, 0.25) is 0 Å². The molecule has 2 aromatic rings. The van der Waals surface area contributed by atoms with Crippen LogP contribution < -0.4 is 16.4 Å². The minimum atomic E-state index is -0.146. The number of anilines is 2. The first-order valence-corrected chi connectivity index (χ1v) is 7.20. The predicted octanol–water partition coefficient (Wildman–Crippen LogP) is 1.62. The second-order valence-corrected chi connectivity index (χ2v) is 5.51. The van der Waals surface area contributed by atoms with E-state index in [1.54, 1.807) is 12.4 Å². The maximum absolute atomic E-state index is 12.1. The van der Waals surface area contributed by atoms with Gasteiger partial charge in [0.15, 0.2) is 5.82 Å². The summed E-state index contributed by atoms with van der Waals surface area (Å²) in [5.41, 5.74) is 7.28. The highest BCUT2D eigenvalue weighted by molar-refractivity contribution is 7.11. The molecular formula is C13H15N5OS. The fourth-order valence-electron chi connectivity index (χ4n) is 1.81. The topological polar surface area (TPSA) is 92.9 Å². The van der Waals surface area contributed by atoms with Crippen LogP contribution in [-0.4, -0.2) is 21.3 Å². The molecule has 1 saturated carbocycles. The van der Waals surface area contributed by atoms with Gasteiger partial charge in [0.1, 0.15) is 10.6 Å². The largest absolute Gasteiger partial charge is 0.382 e. The van der Waals surface area contributed by atoms with E-state index in [0.717, 1.165) is 18.4 Å². The van der Waals surface area contributed by atoms with E-state index in [1.807, 2.05) is 12.1 Å². The minimum Gasteiger partial charge on any atom is -0.382 e. The van der Waals surface area contributed by atoms with E-state index in [0.29, 0.717) is 23.2 Å². The lowest BCUT2D eigenvalue weighted by molar-refractivity contribution is 0.0953. The summed E-state index contributed by atoms with van der Waals surface area (Å²) in [6.45, 7) is 0.583. The van der Waals surface area contributed by atoms with Crippen molar-refractivity contribution < 1.29 is 4.79 Å². The zero-order valence-electron chi connectivity index (χ0n) is 10.8. The summed E-state index contributed by atoms with van der Waals surface area (Å²) in [4.78, 5) is 16.2. The first kappa shape index (κ1) is 12.9. The van der Waals surface area contributed by atoms with Crippen LogP contribution in [0.5, 0.6) is 0 Å². The first-order chi connectivity index (χ1) is 9.74. The van der Waals surface area contributed by atoms with Crippen molar-refractivity contribution in [3.63, 3.8) is 0 Å². The SMILES string of the molecule is Nc1nsc(NCc2cccnc2)c1C(=O)NC1CC1. The third kappa shape index (κ3) is 2.88. The number of nitrogens with zero attached hydrogens (tertiary/aromatic N) is 2. The molecule has 0 spiro atoms. The van der Waals surface area contributed by atoms with Crippen LogP contribution >= 0.6 is 11.5 Å². The summed E-state index contributed by atoms with van der Waals surface area (Å²) >= 11 is 1.20. The van der Waals surface area contributed by atoms with Crippen molar-refractivity contribution in [3.05, 3.63) is 35.7 Å². The number of carbonyl (C=O) groups excluding carboxylic acids is 1. The predicted molar refractivity (Wildman–Crippen MR) is 78.6 cm³/mol. The van der Waals surface area contributed by atoms with Crippen LogP contribution in [0, 0.1) is 0 Å². The van der Waals surface area contributed by atoms with Crippen molar-refractivity contribution in [2.24, 2.45) is 0 Å². The fourth-order valence-corrected chi connectivity index (χ4v) is 2.52. The highest BCUT2D eigenvalue weighted by atomic mass is 32.1. The lowest BCUT2D eigenvalue weighted by Gasteiger charge is -2.07. The number of hydrogen-bond acceptors (Lipinski definition) is 6. The highest BCUT2D eigenvalue weighted by Crippen LogP contribution is 2.28. The maximum atomic E-state index is 12.1. The van der Waals surface area contributed by atoms with Crippen molar-refractivity contribution in [2.75, 3.05) is 11.1 Å². The number of nitrogens with one attached hydrogen (secondary N) is 2. The summed E-state index contributed by atoms with van der Waals surface area (Å²) in [6, 6.07) is 4.14. The van der Waals surface area contributed by atoms with Crippen molar-refractivity contribution in [1.29, 1.82) is 0 Å². The third-order valence-electron chi connectivity index (χ3n) is 3.03. The van der Waals surface area contributed by atoms with Gasteiger partial charge in [-0.2, -0.15) is 4.37 Å². The first-order valence-electron chi connectivity index (χ1n) is 6.43. The Labute approximate surface area is 120 Å². The molecule has 0 unspecified atom stereocenters. The van der Waals surface area contributed by atoms with E-state index in [1.165, 1.54) is 11.5 Å². The molecule has 1 aliphatic rings. The standard InChI is InChI=1S/C13H15N5OS/c14-11-10(12(19)17-9-3-4-9)13(20-18-11)16-7-8-2-1-5-15-6-8/h1-2,5-6,9,16H,3-4,7H2,(H2,14,18)(H,17,19). The Morgan fingerprint density at radius 3 is 3.05 bits per heavy atom. The molecule has 1 aliphatic carbocycles. The zero-order chi connectivity index (χ0) is 13.9. The molecule has 1 fully saturated rings. The lowest BCUT2D eigenvalue weighted by atomic mass is 10.2. The molecule has 20 heavy (non-hydrogen) atoms. The van der Waals surface area contributed by atoms with Gasteiger partial charge in [-0.25, -0.2) is 0 Å². The number of rotatable bonds is 5. The van der Waals surface area contributed by atoms with Crippen molar-refractivity contribution in [3.8, 4) is 0 Å². The molecule has 104 valence electrons. The molecule has 2 heterocycles. The average Bonchev–Trinajstić information content (AvgIpc) is 3.19. The molecule has 0 atom stereocenters. The number of nitrogen functional groups attached to an aromatic ring is 1. The Hall–Kier alpha value is -2.15. The van der Waals surface area contributed by atoms with Gasteiger partial charge in [0.25, 0.3) is 5.91 Å². The van der Waals surface area contributed by atoms with E-state index in [9.17, 15) is 4.79 Å². The second kappa shape index (κ2) is 5.46. The Morgan fingerprint density at radius 1 is 1.50 bits per heavy atom. The van der Waals surface area contributed by atoms with Crippen LogP contribution in [0.4, 0.5) is 10.8 Å². The summed E-state index contributed by atoms with van der Waals surface area (Å²) in [5.74, 6) is 0.134. The van der Waals surface area contributed by atoms with Crippen LogP contribution in [-0.2, 0) is 6.54 Å². The smallest absolute Gasteiger partial charge is 0.258 e. The molecule has 2 aromatic heterocycles. The van der Waals surface area contributed by atoms with Gasteiger partial charge in [-0.05, 0) is 36.0 Å². The van der Waals surface area contributed by atoms with Crippen LogP contribution in [0.3, 0.4) is 0 Å². The van der Waals surface area contributed by atoms with E-state index >= 15 is 0 Å². The van der Waals surface area contributed by atoms with Crippen molar-refractivity contribution in [1.82, 2.24) is 14.7 Å². The number of nitrogens with two attached hydrogens (primary N) is 1. The summed E-state index contributed by atoms with van der Waals surface area (Å²) in [6.07, 6.45) is 5.59. The van der Waals surface area contributed by atoms with Crippen LogP contribution in [0.1, 0.15) is 28.8 Å². The Bertz CT molecular complexity index is 608. The molecule has 0 bridgehead atoms. The molecule has 6 nitrogen and oxygen atoms in total. The average molecular weight is 289 g/mol. The third-order valence-corrected chi connectivity index (χ3v) is 3.85. The molecule has 1 amide bonds. The quantitative estimate of drug-likeness (QED) is 0.778. The van der Waals surface area contributed by atoms with Gasteiger partial charge in [-0.1, -0.05) is 6.07 Å². The van der Waals surface area contributed by atoms with E-state index in [4.69, 9.17) is 5.73 Å². The number of amides is 1. The minimum absolute atomic E-state index is 0.146. The van der Waals surface area contributed by atoms with Gasteiger partial charge in [0, 0.05) is 25.0 Å². The van der Waals surface area contributed by atoms with E-state index < -0.39 is 0 Å². The molecule has 4 N–H and O–H groups in total. The van der Waals surface area contributed by atoms with Gasteiger partial charge < -0.3 is 16.4 Å². The van der Waals surface area contributed by atoms with Crippen LogP contribution in [0.15, 0.2) is 24.5 Å². The molecule has 0 radical (unpaired) electrons. The van der Waals surface area contributed by atoms with Crippen LogP contribution in [0.25, 0.3) is 0 Å². The Morgan fingerprint density at radius 2 is 2.35 bits per heavy atom. The van der Waals surface area contributed by atoms with Gasteiger partial charge in [-0.15, -0.1) is 0 Å². The van der Waals surface area contributed by atoms with Crippen molar-refractivity contribution >= 4 is 28.3 Å². The molecule has 7 heteroatoms. The highest BCUT2D eigenvalue weighted by Gasteiger charge is 2.27. The number of pyridine rings is 1. The molecule has 0 aromatic carbocycles. The lowest BCUT2D eigenvalue weighted by Crippen LogP contribution is -2.26. The maximum Gasteiger partial charge on any atom is 0.258 e. The normalized spacial score (nSPS) is 14.0. The monoisotopic (exact) mass is 289 g/mol. The summed E-state index contributed by atoms with van der Waals surface area (Å²) in [5, 5.41) is 6.83. The van der Waals surface area contributed by atoms with E-state index in [2.05, 4.69) is 20.0 Å². The number of carbonyl (C=O) groups is 1. The second-order valence-electron chi connectivity index (χ2n) is 4.73. The number of aromatic nitrogens is 2. The molecule has 0 saturated heterocycles. The van der Waals surface area contributed by atoms with Gasteiger partial charge in [0.2, 0.25) is 0 Å². The summed E-state index contributed by atoms with van der Waals surface area (Å²) in [7, 11) is 0. The molecule has 0 aliphatic heterocycles.